The summed E-state index contributed by atoms with van der Waals surface area (Å²) in [5.41, 5.74) is 2.05. The standard InChI is InChI=1S/C19H25FN2O3/c1-19(24-10-11-25-19)14-6-8-22(9-7-14)18(23)21-17-5-3-13-2-4-15(20)12-16(13)17/h2,4,12,14,17H,3,5-11H2,1H3,(H,21,23)/t17-/m1/s1. The van der Waals surface area contributed by atoms with Crippen LogP contribution in [0.25, 0.3) is 0 Å². The molecule has 6 heteroatoms. The van der Waals surface area contributed by atoms with Gasteiger partial charge in [-0.2, -0.15) is 0 Å². The molecule has 3 aliphatic rings. The van der Waals surface area contributed by atoms with Crippen LogP contribution in [0.15, 0.2) is 18.2 Å². The molecule has 1 aromatic carbocycles. The van der Waals surface area contributed by atoms with E-state index in [0.29, 0.717) is 32.2 Å². The number of ether oxygens (including phenoxy) is 2. The average molecular weight is 348 g/mol. The third kappa shape index (κ3) is 3.25. The molecule has 5 nitrogen and oxygen atoms in total. The fraction of sp³-hybridized carbons (Fsp3) is 0.632. The third-order valence-corrected chi connectivity index (χ3v) is 5.87. The van der Waals surface area contributed by atoms with E-state index in [4.69, 9.17) is 9.47 Å². The summed E-state index contributed by atoms with van der Waals surface area (Å²) in [4.78, 5) is 14.5. The number of likely N-dealkylation sites (tertiary alicyclic amines) is 1. The summed E-state index contributed by atoms with van der Waals surface area (Å²) in [5.74, 6) is -0.421. The van der Waals surface area contributed by atoms with Crippen LogP contribution < -0.4 is 5.32 Å². The molecule has 0 radical (unpaired) electrons. The first-order valence-corrected chi connectivity index (χ1v) is 9.17. The van der Waals surface area contributed by atoms with Crippen molar-refractivity contribution in [2.75, 3.05) is 26.3 Å². The van der Waals surface area contributed by atoms with E-state index >= 15 is 0 Å². The predicted octanol–water partition coefficient (Wildman–Crippen LogP) is 3.00. The molecule has 2 amide bonds. The Morgan fingerprint density at radius 2 is 1.96 bits per heavy atom. The number of carbonyl (C=O) groups excluding carboxylic acids is 1. The first kappa shape index (κ1) is 16.8. The van der Waals surface area contributed by atoms with E-state index in [1.807, 2.05) is 17.9 Å². The van der Waals surface area contributed by atoms with E-state index in [1.54, 1.807) is 6.07 Å². The number of rotatable bonds is 2. The second-order valence-electron chi connectivity index (χ2n) is 7.36. The predicted molar refractivity (Wildman–Crippen MR) is 90.6 cm³/mol. The molecule has 0 bridgehead atoms. The lowest BCUT2D eigenvalue weighted by Crippen LogP contribution is -2.49. The zero-order chi connectivity index (χ0) is 17.4. The number of hydrogen-bond acceptors (Lipinski definition) is 3. The van der Waals surface area contributed by atoms with Crippen molar-refractivity contribution in [2.45, 2.75) is 44.4 Å². The van der Waals surface area contributed by atoms with Gasteiger partial charge in [0.25, 0.3) is 0 Å². The second-order valence-corrected chi connectivity index (χ2v) is 7.36. The fourth-order valence-electron chi connectivity index (χ4n) is 4.34. The number of nitrogens with one attached hydrogen (secondary N) is 1. The van der Waals surface area contributed by atoms with Gasteiger partial charge in [-0.15, -0.1) is 0 Å². The quantitative estimate of drug-likeness (QED) is 0.894. The molecule has 2 saturated heterocycles. The minimum absolute atomic E-state index is 0.0565. The Bertz CT molecular complexity index is 652. The Morgan fingerprint density at radius 3 is 2.68 bits per heavy atom. The Balaban J connectivity index is 1.34. The lowest BCUT2D eigenvalue weighted by Gasteiger charge is -2.39. The number of amides is 2. The molecule has 136 valence electrons. The summed E-state index contributed by atoms with van der Waals surface area (Å²) in [6, 6.07) is 4.72. The molecule has 4 rings (SSSR count). The molecular formula is C19H25FN2O3. The first-order chi connectivity index (χ1) is 12.0. The summed E-state index contributed by atoms with van der Waals surface area (Å²) < 4.78 is 25.0. The topological polar surface area (TPSA) is 50.8 Å². The third-order valence-electron chi connectivity index (χ3n) is 5.87. The van der Waals surface area contributed by atoms with Crippen LogP contribution in [0.3, 0.4) is 0 Å². The number of carbonyl (C=O) groups is 1. The monoisotopic (exact) mass is 348 g/mol. The minimum Gasteiger partial charge on any atom is -0.348 e. The van der Waals surface area contributed by atoms with Gasteiger partial charge in [0.15, 0.2) is 5.79 Å². The van der Waals surface area contributed by atoms with E-state index in [2.05, 4.69) is 5.32 Å². The van der Waals surface area contributed by atoms with E-state index < -0.39 is 5.79 Å². The van der Waals surface area contributed by atoms with Gasteiger partial charge >= 0.3 is 6.03 Å². The zero-order valence-electron chi connectivity index (χ0n) is 14.6. The van der Waals surface area contributed by atoms with Gasteiger partial charge in [0.05, 0.1) is 19.3 Å². The SMILES string of the molecule is CC1(C2CCN(C(=O)N[C@@H]3CCc4ccc(F)cc43)CC2)OCCO1. The Hall–Kier alpha value is -1.66. The summed E-state index contributed by atoms with van der Waals surface area (Å²) in [6.45, 7) is 4.69. The Kier molecular flexibility index (Phi) is 4.41. The number of nitrogens with zero attached hydrogens (tertiary/aromatic N) is 1. The molecule has 25 heavy (non-hydrogen) atoms. The average Bonchev–Trinajstić information content (AvgIpc) is 3.23. The molecule has 0 spiro atoms. The van der Waals surface area contributed by atoms with Gasteiger partial charge in [-0.3, -0.25) is 0 Å². The number of aryl methyl sites for hydroxylation is 1. The van der Waals surface area contributed by atoms with Gasteiger partial charge in [-0.25, -0.2) is 9.18 Å². The molecule has 0 aromatic heterocycles. The lowest BCUT2D eigenvalue weighted by molar-refractivity contribution is -0.189. The summed E-state index contributed by atoms with van der Waals surface area (Å²) in [5, 5.41) is 3.08. The normalized spacial score (nSPS) is 25.8. The van der Waals surface area contributed by atoms with Crippen LogP contribution in [-0.4, -0.2) is 43.0 Å². The minimum atomic E-state index is -0.496. The van der Waals surface area contributed by atoms with E-state index in [1.165, 1.54) is 6.07 Å². The zero-order valence-corrected chi connectivity index (χ0v) is 14.6. The van der Waals surface area contributed by atoms with Crippen molar-refractivity contribution in [3.05, 3.63) is 35.1 Å². The van der Waals surface area contributed by atoms with Gasteiger partial charge < -0.3 is 19.7 Å². The first-order valence-electron chi connectivity index (χ1n) is 9.17. The van der Waals surface area contributed by atoms with Crippen LogP contribution in [0.1, 0.15) is 43.4 Å². The van der Waals surface area contributed by atoms with E-state index in [-0.39, 0.29) is 17.9 Å². The molecule has 1 N–H and O–H groups in total. The number of hydrogen-bond donors (Lipinski definition) is 1. The number of urea groups is 1. The highest BCUT2D eigenvalue weighted by Crippen LogP contribution is 2.35. The highest BCUT2D eigenvalue weighted by atomic mass is 19.1. The van der Waals surface area contributed by atoms with E-state index in [9.17, 15) is 9.18 Å². The molecule has 2 aliphatic heterocycles. The van der Waals surface area contributed by atoms with E-state index in [0.717, 1.165) is 36.8 Å². The van der Waals surface area contributed by atoms with Crippen molar-refractivity contribution in [1.82, 2.24) is 10.2 Å². The highest BCUT2D eigenvalue weighted by Gasteiger charge is 2.42. The van der Waals surface area contributed by atoms with Gasteiger partial charge in [-0.1, -0.05) is 6.07 Å². The molecule has 0 unspecified atom stereocenters. The van der Waals surface area contributed by atoms with Gasteiger partial charge in [-0.05, 0) is 55.9 Å². The largest absolute Gasteiger partial charge is 0.348 e. The molecule has 1 atom stereocenters. The fourth-order valence-corrected chi connectivity index (χ4v) is 4.34. The number of halogens is 1. The van der Waals surface area contributed by atoms with Gasteiger partial charge in [0.1, 0.15) is 5.82 Å². The molecule has 0 saturated carbocycles. The number of fused-ring (bicyclic) bond motifs is 1. The number of piperidine rings is 1. The van der Waals surface area contributed by atoms with Crippen LogP contribution in [0, 0.1) is 11.7 Å². The summed E-state index contributed by atoms with van der Waals surface area (Å²) in [7, 11) is 0. The molecule has 1 aromatic rings. The lowest BCUT2D eigenvalue weighted by atomic mass is 9.89. The van der Waals surface area contributed by atoms with Crippen molar-refractivity contribution in [3.8, 4) is 0 Å². The molecule has 2 heterocycles. The van der Waals surface area contributed by atoms with Crippen molar-refractivity contribution in [2.24, 2.45) is 5.92 Å². The maximum atomic E-state index is 13.5. The second kappa shape index (κ2) is 6.57. The molecule has 2 fully saturated rings. The summed E-state index contributed by atoms with van der Waals surface area (Å²) >= 11 is 0. The van der Waals surface area contributed by atoms with Crippen molar-refractivity contribution >= 4 is 6.03 Å². The van der Waals surface area contributed by atoms with Crippen molar-refractivity contribution in [3.63, 3.8) is 0 Å². The smallest absolute Gasteiger partial charge is 0.317 e. The highest BCUT2D eigenvalue weighted by molar-refractivity contribution is 5.75. The Labute approximate surface area is 147 Å². The van der Waals surface area contributed by atoms with Crippen molar-refractivity contribution in [1.29, 1.82) is 0 Å². The van der Waals surface area contributed by atoms with Crippen LogP contribution in [0.5, 0.6) is 0 Å². The molecular weight excluding hydrogens is 323 g/mol. The number of benzene rings is 1. The molecule has 1 aliphatic carbocycles. The summed E-state index contributed by atoms with van der Waals surface area (Å²) in [6.07, 6.45) is 3.47. The van der Waals surface area contributed by atoms with Crippen LogP contribution in [0.2, 0.25) is 0 Å². The maximum absolute atomic E-state index is 13.5. The van der Waals surface area contributed by atoms with Crippen LogP contribution in [-0.2, 0) is 15.9 Å². The Morgan fingerprint density at radius 1 is 1.24 bits per heavy atom. The maximum Gasteiger partial charge on any atom is 0.317 e. The van der Waals surface area contributed by atoms with Crippen LogP contribution in [0.4, 0.5) is 9.18 Å². The van der Waals surface area contributed by atoms with Gasteiger partial charge in [0, 0.05) is 19.0 Å². The van der Waals surface area contributed by atoms with Gasteiger partial charge in [0.2, 0.25) is 0 Å². The van der Waals surface area contributed by atoms with Crippen LogP contribution >= 0.6 is 0 Å². The van der Waals surface area contributed by atoms with Crippen molar-refractivity contribution < 1.29 is 18.7 Å².